The maximum Gasteiger partial charge on any atom is 0.322 e. The van der Waals surface area contributed by atoms with E-state index in [1.165, 1.54) is 0 Å². The number of methoxy groups -OCH3 is 2. The van der Waals surface area contributed by atoms with Crippen LogP contribution in [0, 0.1) is 0 Å². The van der Waals surface area contributed by atoms with Crippen molar-refractivity contribution in [3.05, 3.63) is 54.1 Å². The van der Waals surface area contributed by atoms with Crippen molar-refractivity contribution in [2.24, 2.45) is 0 Å². The summed E-state index contributed by atoms with van der Waals surface area (Å²) in [6.45, 7) is 0. The molecule has 1 heterocycles. The van der Waals surface area contributed by atoms with Crippen molar-refractivity contribution < 1.29 is 18.7 Å². The van der Waals surface area contributed by atoms with Crippen LogP contribution < -0.4 is 14.8 Å². The summed E-state index contributed by atoms with van der Waals surface area (Å²) in [6.07, 6.45) is 0. The Hall–Kier alpha value is -3.35. The molecule has 0 aliphatic heterocycles. The van der Waals surface area contributed by atoms with Crippen molar-refractivity contribution >= 4 is 11.9 Å². The molecule has 0 fully saturated rings. The van der Waals surface area contributed by atoms with Crippen LogP contribution in [-0.2, 0) is 0 Å². The molecule has 0 aliphatic carbocycles. The molecule has 1 amide bonds. The molecule has 0 spiro atoms. The van der Waals surface area contributed by atoms with Gasteiger partial charge >= 0.3 is 6.01 Å². The number of hydrogen-bond donors (Lipinski definition) is 1. The van der Waals surface area contributed by atoms with Crippen molar-refractivity contribution in [1.82, 2.24) is 10.2 Å². The Morgan fingerprint density at radius 3 is 2.29 bits per heavy atom. The van der Waals surface area contributed by atoms with E-state index in [-0.39, 0.29) is 17.8 Å². The van der Waals surface area contributed by atoms with Crippen molar-refractivity contribution in [2.45, 2.75) is 0 Å². The minimum atomic E-state index is -0.325. The van der Waals surface area contributed by atoms with Gasteiger partial charge in [-0.05, 0) is 24.3 Å². The first-order valence-corrected chi connectivity index (χ1v) is 7.13. The number of amides is 1. The first-order valence-electron chi connectivity index (χ1n) is 7.13. The molecule has 3 rings (SSSR count). The van der Waals surface area contributed by atoms with E-state index in [1.54, 1.807) is 56.7 Å². The molecule has 0 saturated carbocycles. The molecule has 7 nitrogen and oxygen atoms in total. The Balaban J connectivity index is 1.82. The van der Waals surface area contributed by atoms with Crippen molar-refractivity contribution in [3.8, 4) is 23.0 Å². The minimum absolute atomic E-state index is 0.0145. The first kappa shape index (κ1) is 15.5. The lowest BCUT2D eigenvalue weighted by atomic mass is 10.2. The van der Waals surface area contributed by atoms with E-state index in [1.807, 2.05) is 6.07 Å². The fraction of sp³-hybridized carbons (Fsp3) is 0.118. The number of anilines is 1. The number of carbonyl (C=O) groups excluding carboxylic acids is 1. The van der Waals surface area contributed by atoms with Crippen LogP contribution in [0.3, 0.4) is 0 Å². The zero-order chi connectivity index (χ0) is 16.9. The lowest BCUT2D eigenvalue weighted by molar-refractivity contribution is 0.102. The summed E-state index contributed by atoms with van der Waals surface area (Å²) in [5.41, 5.74) is 1.12. The predicted octanol–water partition coefficient (Wildman–Crippen LogP) is 3.01. The highest BCUT2D eigenvalue weighted by molar-refractivity contribution is 6.03. The summed E-state index contributed by atoms with van der Waals surface area (Å²) in [4.78, 5) is 12.1. The van der Waals surface area contributed by atoms with E-state index < -0.39 is 0 Å². The second kappa shape index (κ2) is 6.82. The Morgan fingerprint density at radius 2 is 1.67 bits per heavy atom. The fourth-order valence-electron chi connectivity index (χ4n) is 2.08. The lowest BCUT2D eigenvalue weighted by Crippen LogP contribution is -2.11. The molecule has 0 radical (unpaired) electrons. The van der Waals surface area contributed by atoms with Crippen LogP contribution in [0.2, 0.25) is 0 Å². The molecular weight excluding hydrogens is 310 g/mol. The normalized spacial score (nSPS) is 10.2. The van der Waals surface area contributed by atoms with E-state index in [4.69, 9.17) is 13.9 Å². The zero-order valence-corrected chi connectivity index (χ0v) is 13.1. The van der Waals surface area contributed by atoms with Gasteiger partial charge in [-0.2, -0.15) is 0 Å². The summed E-state index contributed by atoms with van der Waals surface area (Å²) in [7, 11) is 3.11. The highest BCUT2D eigenvalue weighted by Crippen LogP contribution is 2.29. The Morgan fingerprint density at radius 1 is 1.00 bits per heavy atom. The van der Waals surface area contributed by atoms with E-state index in [9.17, 15) is 4.79 Å². The monoisotopic (exact) mass is 325 g/mol. The van der Waals surface area contributed by atoms with Crippen molar-refractivity contribution in [3.63, 3.8) is 0 Å². The number of nitrogens with zero attached hydrogens (tertiary/aromatic N) is 2. The quantitative estimate of drug-likeness (QED) is 0.776. The average molecular weight is 325 g/mol. The Bertz CT molecular complexity index is 824. The number of carbonyl (C=O) groups is 1. The molecule has 0 bridgehead atoms. The number of benzene rings is 2. The van der Waals surface area contributed by atoms with Gasteiger partial charge in [0.2, 0.25) is 5.89 Å². The van der Waals surface area contributed by atoms with Crippen LogP contribution in [0.1, 0.15) is 10.4 Å². The third kappa shape index (κ3) is 3.35. The van der Waals surface area contributed by atoms with Gasteiger partial charge in [-0.1, -0.05) is 23.3 Å². The van der Waals surface area contributed by atoms with Gasteiger partial charge < -0.3 is 13.9 Å². The molecule has 0 saturated heterocycles. The summed E-state index contributed by atoms with van der Waals surface area (Å²) in [5.74, 6) is 1.11. The molecule has 3 aromatic rings. The summed E-state index contributed by atoms with van der Waals surface area (Å²) in [6, 6.07) is 14.0. The number of nitrogens with one attached hydrogen (secondary N) is 1. The lowest BCUT2D eigenvalue weighted by Gasteiger charge is -2.05. The summed E-state index contributed by atoms with van der Waals surface area (Å²) >= 11 is 0. The number of ether oxygens (including phenoxy) is 2. The average Bonchev–Trinajstić information content (AvgIpc) is 3.10. The maximum atomic E-state index is 12.1. The third-order valence-corrected chi connectivity index (χ3v) is 3.28. The second-order valence-electron chi connectivity index (χ2n) is 4.83. The standard InChI is InChI=1S/C17H15N3O4/c1-22-13-8-12(9-14(10-13)23-2)16-19-20-17(24-16)18-15(21)11-6-4-3-5-7-11/h3-10H,1-2H3,(H,18,20,21). The molecular formula is C17H15N3O4. The SMILES string of the molecule is COc1cc(OC)cc(-c2nnc(NC(=O)c3ccccc3)o2)c1. The Kier molecular flexibility index (Phi) is 4.42. The number of aromatic nitrogens is 2. The molecule has 0 unspecified atom stereocenters. The molecule has 7 heteroatoms. The fourth-order valence-corrected chi connectivity index (χ4v) is 2.08. The van der Waals surface area contributed by atoms with Gasteiger partial charge in [0, 0.05) is 17.2 Å². The minimum Gasteiger partial charge on any atom is -0.497 e. The van der Waals surface area contributed by atoms with Crippen LogP contribution in [0.25, 0.3) is 11.5 Å². The van der Waals surface area contributed by atoms with Gasteiger partial charge in [-0.15, -0.1) is 5.10 Å². The van der Waals surface area contributed by atoms with Crippen LogP contribution in [0.4, 0.5) is 6.01 Å². The van der Waals surface area contributed by atoms with E-state index in [0.717, 1.165) is 0 Å². The van der Waals surface area contributed by atoms with Crippen molar-refractivity contribution in [1.29, 1.82) is 0 Å². The van der Waals surface area contributed by atoms with Gasteiger partial charge in [0.05, 0.1) is 14.2 Å². The van der Waals surface area contributed by atoms with Crippen LogP contribution >= 0.6 is 0 Å². The molecule has 122 valence electrons. The highest BCUT2D eigenvalue weighted by Gasteiger charge is 2.14. The van der Waals surface area contributed by atoms with Crippen LogP contribution in [-0.4, -0.2) is 30.3 Å². The maximum absolute atomic E-state index is 12.1. The number of hydrogen-bond acceptors (Lipinski definition) is 6. The topological polar surface area (TPSA) is 86.5 Å². The van der Waals surface area contributed by atoms with Gasteiger partial charge in [-0.3, -0.25) is 10.1 Å². The molecule has 2 aromatic carbocycles. The molecule has 1 N–H and O–H groups in total. The van der Waals surface area contributed by atoms with Gasteiger partial charge in [0.1, 0.15) is 11.5 Å². The smallest absolute Gasteiger partial charge is 0.322 e. The van der Waals surface area contributed by atoms with E-state index in [2.05, 4.69) is 15.5 Å². The molecule has 1 aromatic heterocycles. The third-order valence-electron chi connectivity index (χ3n) is 3.28. The molecule has 24 heavy (non-hydrogen) atoms. The Labute approximate surface area is 138 Å². The second-order valence-corrected chi connectivity index (χ2v) is 4.83. The summed E-state index contributed by atoms with van der Waals surface area (Å²) in [5, 5.41) is 10.3. The first-order chi connectivity index (χ1) is 11.7. The van der Waals surface area contributed by atoms with Crippen LogP contribution in [0.5, 0.6) is 11.5 Å². The predicted molar refractivity (Wildman–Crippen MR) is 87.2 cm³/mol. The largest absolute Gasteiger partial charge is 0.497 e. The van der Waals surface area contributed by atoms with Gasteiger partial charge in [0.15, 0.2) is 0 Å². The van der Waals surface area contributed by atoms with Crippen molar-refractivity contribution in [2.75, 3.05) is 19.5 Å². The number of rotatable bonds is 5. The van der Waals surface area contributed by atoms with Gasteiger partial charge in [0.25, 0.3) is 5.91 Å². The molecule has 0 atom stereocenters. The summed E-state index contributed by atoms with van der Waals surface area (Å²) < 4.78 is 15.9. The molecule has 0 aliphatic rings. The van der Waals surface area contributed by atoms with Gasteiger partial charge in [-0.25, -0.2) is 0 Å². The van der Waals surface area contributed by atoms with Crippen LogP contribution in [0.15, 0.2) is 52.9 Å². The van der Waals surface area contributed by atoms with E-state index in [0.29, 0.717) is 22.6 Å². The highest BCUT2D eigenvalue weighted by atomic mass is 16.5. The zero-order valence-electron chi connectivity index (χ0n) is 13.1. The van der Waals surface area contributed by atoms with E-state index >= 15 is 0 Å².